The smallest absolute Gasteiger partial charge is 0.408 e. The van der Waals surface area contributed by atoms with Gasteiger partial charge >= 0.3 is 12.1 Å². The van der Waals surface area contributed by atoms with Gasteiger partial charge in [0.2, 0.25) is 5.91 Å². The molecule has 8 nitrogen and oxygen atoms in total. The number of methoxy groups -OCH3 is 2. The Kier molecular flexibility index (Phi) is 10.5. The van der Waals surface area contributed by atoms with E-state index in [0.717, 1.165) is 9.13 Å². The van der Waals surface area contributed by atoms with Crippen LogP contribution in [-0.2, 0) is 25.5 Å². The molecule has 2 N–H and O–H groups in total. The molecule has 0 aliphatic rings. The van der Waals surface area contributed by atoms with Crippen LogP contribution in [0.2, 0.25) is 0 Å². The maximum Gasteiger partial charge on any atom is 0.408 e. The summed E-state index contributed by atoms with van der Waals surface area (Å²) in [6, 6.07) is 3.75. The summed E-state index contributed by atoms with van der Waals surface area (Å²) in [5, 5.41) is 5.34. The Balaban J connectivity index is 3.09. The SMILES string of the molecule is COC(=O)[C@H](CC(C)C)NC(=O)[C@H](Cc1ccc(OC)c(I)c1)NC(=O)OC(C)(C)C. The third-order valence-corrected chi connectivity index (χ3v) is 5.02. The monoisotopic (exact) mass is 548 g/mol. The molecule has 0 aromatic heterocycles. The fourth-order valence-electron chi connectivity index (χ4n) is 2.83. The second-order valence-electron chi connectivity index (χ2n) is 8.59. The van der Waals surface area contributed by atoms with E-state index < -0.39 is 35.7 Å². The number of hydrogen-bond donors (Lipinski definition) is 2. The molecule has 1 aromatic rings. The maximum atomic E-state index is 13.1. The number of ether oxygens (including phenoxy) is 3. The van der Waals surface area contributed by atoms with Crippen LogP contribution >= 0.6 is 22.6 Å². The summed E-state index contributed by atoms with van der Waals surface area (Å²) >= 11 is 2.14. The van der Waals surface area contributed by atoms with E-state index in [2.05, 4.69) is 33.2 Å². The van der Waals surface area contributed by atoms with Crippen molar-refractivity contribution in [2.24, 2.45) is 5.92 Å². The third kappa shape index (κ3) is 9.75. The average molecular weight is 548 g/mol. The summed E-state index contributed by atoms with van der Waals surface area (Å²) in [6.07, 6.45) is -0.0899. The van der Waals surface area contributed by atoms with Crippen molar-refractivity contribution in [3.05, 3.63) is 27.3 Å². The van der Waals surface area contributed by atoms with Crippen molar-refractivity contribution in [3.8, 4) is 5.75 Å². The molecular weight excluding hydrogens is 515 g/mol. The van der Waals surface area contributed by atoms with Crippen molar-refractivity contribution < 1.29 is 28.6 Å². The summed E-state index contributed by atoms with van der Waals surface area (Å²) in [4.78, 5) is 37.5. The lowest BCUT2D eigenvalue weighted by molar-refractivity contribution is -0.145. The van der Waals surface area contributed by atoms with E-state index in [-0.39, 0.29) is 12.3 Å². The molecule has 31 heavy (non-hydrogen) atoms. The van der Waals surface area contributed by atoms with Crippen molar-refractivity contribution in [3.63, 3.8) is 0 Å². The molecule has 9 heteroatoms. The molecule has 1 rings (SSSR count). The van der Waals surface area contributed by atoms with Gasteiger partial charge in [-0.25, -0.2) is 9.59 Å². The number of rotatable bonds is 9. The molecule has 0 unspecified atom stereocenters. The van der Waals surface area contributed by atoms with Crippen molar-refractivity contribution >= 4 is 40.6 Å². The molecule has 0 saturated heterocycles. The summed E-state index contributed by atoms with van der Waals surface area (Å²) < 4.78 is 16.3. The van der Waals surface area contributed by atoms with Gasteiger partial charge in [0.1, 0.15) is 23.4 Å². The molecule has 174 valence electrons. The molecule has 0 saturated carbocycles. The van der Waals surface area contributed by atoms with Crippen LogP contribution in [0.3, 0.4) is 0 Å². The van der Waals surface area contributed by atoms with Gasteiger partial charge in [0.05, 0.1) is 17.8 Å². The molecule has 0 heterocycles. The minimum absolute atomic E-state index is 0.157. The average Bonchev–Trinajstić information content (AvgIpc) is 2.64. The molecule has 0 fully saturated rings. The minimum Gasteiger partial charge on any atom is -0.496 e. The Morgan fingerprint density at radius 2 is 1.71 bits per heavy atom. The minimum atomic E-state index is -0.946. The van der Waals surface area contributed by atoms with Crippen LogP contribution in [0.15, 0.2) is 18.2 Å². The van der Waals surface area contributed by atoms with Gasteiger partial charge in [-0.1, -0.05) is 19.9 Å². The molecule has 1 aromatic carbocycles. The second kappa shape index (κ2) is 12.1. The standard InChI is InChI=1S/C22H33IN2O6/c1-13(2)10-17(20(27)30-7)24-19(26)16(25-21(28)31-22(3,4)5)12-14-8-9-18(29-6)15(23)11-14/h8-9,11,13,16-17H,10,12H2,1-7H3,(H,24,26)(H,25,28)/t16-,17-/m0/s1. The fraction of sp³-hybridized carbons (Fsp3) is 0.591. The summed E-state index contributed by atoms with van der Waals surface area (Å²) in [6.45, 7) is 9.10. The number of nitrogens with one attached hydrogen (secondary N) is 2. The Labute approximate surface area is 197 Å². The number of carbonyl (C=O) groups is 3. The highest BCUT2D eigenvalue weighted by atomic mass is 127. The second-order valence-corrected chi connectivity index (χ2v) is 9.75. The first-order valence-corrected chi connectivity index (χ1v) is 11.1. The number of hydrogen-bond acceptors (Lipinski definition) is 6. The van der Waals surface area contributed by atoms with Crippen LogP contribution in [0.5, 0.6) is 5.75 Å². The van der Waals surface area contributed by atoms with Gasteiger partial charge in [-0.3, -0.25) is 4.79 Å². The van der Waals surface area contributed by atoms with Gasteiger partial charge in [-0.05, 0) is 73.4 Å². The predicted octanol–water partition coefficient (Wildman–Crippen LogP) is 3.44. The zero-order valence-electron chi connectivity index (χ0n) is 19.2. The van der Waals surface area contributed by atoms with E-state index >= 15 is 0 Å². The largest absolute Gasteiger partial charge is 0.496 e. The molecule has 2 atom stereocenters. The molecule has 0 radical (unpaired) electrons. The third-order valence-electron chi connectivity index (χ3n) is 4.17. The molecule has 0 spiro atoms. The quantitative estimate of drug-likeness (QED) is 0.362. The summed E-state index contributed by atoms with van der Waals surface area (Å²) in [5.41, 5.74) is 0.104. The fourth-order valence-corrected chi connectivity index (χ4v) is 3.63. The molecule has 0 bridgehead atoms. The number of alkyl carbamates (subject to hydrolysis) is 1. The van der Waals surface area contributed by atoms with Crippen LogP contribution in [0.1, 0.15) is 46.6 Å². The molecular formula is C22H33IN2O6. The van der Waals surface area contributed by atoms with E-state index in [9.17, 15) is 14.4 Å². The normalized spacial score (nSPS) is 13.2. The summed E-state index contributed by atoms with van der Waals surface area (Å²) in [7, 11) is 2.86. The first kappa shape index (κ1) is 27.0. The van der Waals surface area contributed by atoms with Gasteiger partial charge in [-0.2, -0.15) is 0 Å². The Bertz CT molecular complexity index is 776. The Morgan fingerprint density at radius 3 is 2.19 bits per heavy atom. The number of benzene rings is 1. The van der Waals surface area contributed by atoms with Gasteiger partial charge in [0, 0.05) is 6.42 Å². The van der Waals surface area contributed by atoms with E-state index in [1.54, 1.807) is 33.9 Å². The zero-order valence-corrected chi connectivity index (χ0v) is 21.4. The van der Waals surface area contributed by atoms with E-state index in [4.69, 9.17) is 14.2 Å². The van der Waals surface area contributed by atoms with Crippen LogP contribution in [-0.4, -0.2) is 49.9 Å². The Morgan fingerprint density at radius 1 is 1.06 bits per heavy atom. The first-order valence-electron chi connectivity index (χ1n) is 10.1. The van der Waals surface area contributed by atoms with Crippen molar-refractivity contribution in [1.29, 1.82) is 0 Å². The Hall–Kier alpha value is -2.04. The van der Waals surface area contributed by atoms with E-state index in [1.165, 1.54) is 7.11 Å². The van der Waals surface area contributed by atoms with Crippen molar-refractivity contribution in [2.45, 2.75) is 65.1 Å². The van der Waals surface area contributed by atoms with Crippen LogP contribution in [0.4, 0.5) is 4.79 Å². The number of esters is 1. The van der Waals surface area contributed by atoms with E-state index in [0.29, 0.717) is 12.2 Å². The number of halogens is 1. The first-order chi connectivity index (χ1) is 14.4. The highest BCUT2D eigenvalue weighted by Gasteiger charge is 2.29. The number of carbonyl (C=O) groups excluding carboxylic acids is 3. The van der Waals surface area contributed by atoms with Crippen LogP contribution in [0, 0.1) is 9.49 Å². The summed E-state index contributed by atoms with van der Waals surface area (Å²) in [5.74, 6) is -0.150. The lowest BCUT2D eigenvalue weighted by atomic mass is 10.0. The highest BCUT2D eigenvalue weighted by molar-refractivity contribution is 14.1. The van der Waals surface area contributed by atoms with Gasteiger partial charge < -0.3 is 24.8 Å². The molecule has 2 amide bonds. The van der Waals surface area contributed by atoms with Crippen molar-refractivity contribution in [1.82, 2.24) is 10.6 Å². The van der Waals surface area contributed by atoms with Gasteiger partial charge in [-0.15, -0.1) is 0 Å². The highest BCUT2D eigenvalue weighted by Crippen LogP contribution is 2.22. The number of amides is 2. The van der Waals surface area contributed by atoms with Gasteiger partial charge in [0.15, 0.2) is 0 Å². The molecule has 0 aliphatic heterocycles. The maximum absolute atomic E-state index is 13.1. The predicted molar refractivity (Wildman–Crippen MR) is 126 cm³/mol. The van der Waals surface area contributed by atoms with Gasteiger partial charge in [0.25, 0.3) is 0 Å². The van der Waals surface area contributed by atoms with Crippen molar-refractivity contribution in [2.75, 3.05) is 14.2 Å². The van der Waals surface area contributed by atoms with E-state index in [1.807, 2.05) is 26.0 Å². The van der Waals surface area contributed by atoms with Crippen LogP contribution < -0.4 is 15.4 Å². The topological polar surface area (TPSA) is 103 Å². The lowest BCUT2D eigenvalue weighted by Gasteiger charge is -2.25. The van der Waals surface area contributed by atoms with Crippen LogP contribution in [0.25, 0.3) is 0 Å². The lowest BCUT2D eigenvalue weighted by Crippen LogP contribution is -2.53. The molecule has 0 aliphatic carbocycles. The zero-order chi connectivity index (χ0) is 23.8.